The molecule has 2 bridgehead atoms. The van der Waals surface area contributed by atoms with Crippen molar-refractivity contribution in [1.82, 2.24) is 9.62 Å². The molecule has 7 nitrogen and oxygen atoms in total. The van der Waals surface area contributed by atoms with Crippen molar-refractivity contribution < 1.29 is 27.1 Å². The topological polar surface area (TPSA) is 84.9 Å². The normalized spacial score (nSPS) is 30.3. The molecule has 0 spiro atoms. The average Bonchev–Trinajstić information content (AvgIpc) is 2.71. The molecule has 3 heterocycles. The monoisotopic (exact) mass is 440 g/mol. The van der Waals surface area contributed by atoms with Gasteiger partial charge in [0, 0.05) is 18.2 Å². The van der Waals surface area contributed by atoms with Crippen LogP contribution in [0.3, 0.4) is 0 Å². The molecule has 1 N–H and O–H groups in total. The minimum atomic E-state index is -3.42. The number of rotatable bonds is 2. The van der Waals surface area contributed by atoms with Crippen LogP contribution in [-0.2, 0) is 19.6 Å². The lowest BCUT2D eigenvalue weighted by molar-refractivity contribution is -0.140. The lowest BCUT2D eigenvalue weighted by Crippen LogP contribution is -2.59. The van der Waals surface area contributed by atoms with Crippen LogP contribution < -0.4 is 9.46 Å². The van der Waals surface area contributed by atoms with Crippen molar-refractivity contribution in [2.24, 2.45) is 0 Å². The summed E-state index contributed by atoms with van der Waals surface area (Å²) in [4.78, 5) is 14.7. The molecular weight excluding hydrogens is 411 g/mol. The van der Waals surface area contributed by atoms with E-state index in [1.165, 1.54) is 6.07 Å². The Kier molecular flexibility index (Phi) is 6.31. The van der Waals surface area contributed by atoms with Gasteiger partial charge in [-0.1, -0.05) is 6.07 Å². The predicted octanol–water partition coefficient (Wildman–Crippen LogP) is 2.17. The molecule has 1 saturated carbocycles. The van der Waals surface area contributed by atoms with Gasteiger partial charge >= 0.3 is 0 Å². The van der Waals surface area contributed by atoms with Gasteiger partial charge in [0.1, 0.15) is 11.6 Å². The molecule has 5 rings (SSSR count). The molecule has 1 aromatic rings. The molecular formula is C21H29FN2O5S. The Morgan fingerprint density at radius 3 is 2.67 bits per heavy atom. The molecule has 3 aliphatic heterocycles. The smallest absolute Gasteiger partial charge is 0.260 e. The van der Waals surface area contributed by atoms with Gasteiger partial charge in [0.25, 0.3) is 5.91 Å². The van der Waals surface area contributed by atoms with E-state index in [0.717, 1.165) is 31.9 Å². The lowest BCUT2D eigenvalue weighted by atomic mass is 9.82. The number of carbonyl (C=O) groups is 1. The largest absolute Gasteiger partial charge is 0.483 e. The highest BCUT2D eigenvalue weighted by atomic mass is 32.2. The van der Waals surface area contributed by atoms with Crippen LogP contribution >= 0.6 is 0 Å². The Hall–Kier alpha value is -1.71. The number of halogens is 1. The number of amides is 1. The zero-order valence-electron chi connectivity index (χ0n) is 17.2. The van der Waals surface area contributed by atoms with Crippen molar-refractivity contribution in [2.75, 3.05) is 26.0 Å². The Balaban J connectivity index is 1.63. The maximum Gasteiger partial charge on any atom is 0.260 e. The van der Waals surface area contributed by atoms with Gasteiger partial charge in [-0.15, -0.1) is 0 Å². The molecule has 9 heteroatoms. The van der Waals surface area contributed by atoms with E-state index in [-0.39, 0.29) is 37.0 Å². The summed E-state index contributed by atoms with van der Waals surface area (Å²) in [6.07, 6.45) is 5.65. The highest BCUT2D eigenvalue weighted by Gasteiger charge is 2.38. The number of sulfonamides is 1. The molecule has 1 aliphatic carbocycles. The van der Waals surface area contributed by atoms with E-state index in [1.807, 2.05) is 0 Å². The summed E-state index contributed by atoms with van der Waals surface area (Å²) in [5.74, 6) is -0.0802. The van der Waals surface area contributed by atoms with Crippen LogP contribution in [-0.4, -0.2) is 63.4 Å². The molecule has 1 unspecified atom stereocenters. The van der Waals surface area contributed by atoms with Crippen LogP contribution in [0.4, 0.5) is 4.39 Å². The Morgan fingerprint density at radius 1 is 1.17 bits per heavy atom. The summed E-state index contributed by atoms with van der Waals surface area (Å²) in [6, 6.07) is 3.96. The summed E-state index contributed by atoms with van der Waals surface area (Å²) in [6.45, 7) is 0.575. The quantitative estimate of drug-likeness (QED) is 0.762. The average molecular weight is 441 g/mol. The van der Waals surface area contributed by atoms with Crippen LogP contribution in [0.1, 0.15) is 50.0 Å². The molecule has 4 aliphatic rings. The van der Waals surface area contributed by atoms with E-state index in [4.69, 9.17) is 9.47 Å². The molecule has 166 valence electrons. The van der Waals surface area contributed by atoms with Gasteiger partial charge in [0.15, 0.2) is 6.61 Å². The highest BCUT2D eigenvalue weighted by Crippen LogP contribution is 2.40. The third kappa shape index (κ3) is 4.78. The maximum atomic E-state index is 14.6. The van der Waals surface area contributed by atoms with Gasteiger partial charge in [-0.25, -0.2) is 17.5 Å². The fourth-order valence-electron chi connectivity index (χ4n) is 5.00. The third-order valence-electron chi connectivity index (χ3n) is 6.41. The van der Waals surface area contributed by atoms with E-state index >= 15 is 0 Å². The van der Waals surface area contributed by atoms with E-state index in [0.29, 0.717) is 30.7 Å². The van der Waals surface area contributed by atoms with Crippen molar-refractivity contribution in [3.63, 3.8) is 0 Å². The van der Waals surface area contributed by atoms with Crippen molar-refractivity contribution in [2.45, 2.75) is 62.6 Å². The molecule has 2 fully saturated rings. The zero-order valence-corrected chi connectivity index (χ0v) is 18.0. The second kappa shape index (κ2) is 8.80. The number of piperidine rings is 1. The number of nitrogens with one attached hydrogen (secondary N) is 1. The summed E-state index contributed by atoms with van der Waals surface area (Å²) in [7, 11) is -3.42. The second-order valence-electron chi connectivity index (χ2n) is 8.54. The van der Waals surface area contributed by atoms with E-state index < -0.39 is 22.1 Å². The fourth-order valence-corrected chi connectivity index (χ4v) is 5.82. The fraction of sp³-hybridized carbons (Fsp3) is 0.667. The van der Waals surface area contributed by atoms with Gasteiger partial charge in [0.2, 0.25) is 10.0 Å². The number of hydrogen-bond acceptors (Lipinski definition) is 5. The SMILES string of the molecule is CS(=O)(=O)N[C@H]1CCCN2C(=O)COc3cccc(F)c3C3CCC(CC3)OCC12. The zero-order chi connectivity index (χ0) is 21.3. The number of fused-ring (bicyclic) bond motifs is 5. The third-order valence-corrected chi connectivity index (χ3v) is 7.14. The molecule has 0 radical (unpaired) electrons. The maximum absolute atomic E-state index is 14.6. The first-order valence-electron chi connectivity index (χ1n) is 10.6. The van der Waals surface area contributed by atoms with Crippen molar-refractivity contribution in [1.29, 1.82) is 0 Å². The Bertz CT molecular complexity index is 885. The van der Waals surface area contributed by atoms with Crippen molar-refractivity contribution >= 4 is 15.9 Å². The second-order valence-corrected chi connectivity index (χ2v) is 10.3. The van der Waals surface area contributed by atoms with Gasteiger partial charge in [-0.2, -0.15) is 0 Å². The highest BCUT2D eigenvalue weighted by molar-refractivity contribution is 7.88. The number of carbonyl (C=O) groups excluding carboxylic acids is 1. The summed E-state index contributed by atoms with van der Waals surface area (Å²) in [5, 5.41) is 0. The standard InChI is InChI=1S/C21H29FN2O5S/c1-30(26,27)23-17-5-3-11-24-18(17)12-28-15-9-7-14(8-10-15)21-16(22)4-2-6-19(21)29-13-20(24)25/h2,4,6,14-15,17-18,23H,3,5,7-13H2,1H3/t14?,15?,17-,18?/m0/s1. The molecule has 2 atom stereocenters. The molecule has 1 aromatic carbocycles. The van der Waals surface area contributed by atoms with Crippen LogP contribution in [0.2, 0.25) is 0 Å². The van der Waals surface area contributed by atoms with Crippen LogP contribution in [0.15, 0.2) is 18.2 Å². The molecule has 1 saturated heterocycles. The first kappa shape index (κ1) is 21.5. The first-order chi connectivity index (χ1) is 14.3. The lowest BCUT2D eigenvalue weighted by Gasteiger charge is -2.41. The molecule has 0 aromatic heterocycles. The van der Waals surface area contributed by atoms with Gasteiger partial charge < -0.3 is 14.4 Å². The van der Waals surface area contributed by atoms with E-state index in [2.05, 4.69) is 4.72 Å². The first-order valence-corrected chi connectivity index (χ1v) is 12.5. The Labute approximate surface area is 177 Å². The Morgan fingerprint density at radius 2 is 1.93 bits per heavy atom. The van der Waals surface area contributed by atoms with Crippen LogP contribution in [0.25, 0.3) is 0 Å². The number of ether oxygens (including phenoxy) is 2. The number of nitrogens with zero attached hydrogens (tertiary/aromatic N) is 1. The summed E-state index contributed by atoms with van der Waals surface area (Å²) >= 11 is 0. The molecule has 30 heavy (non-hydrogen) atoms. The number of benzene rings is 1. The molecule has 1 amide bonds. The van der Waals surface area contributed by atoms with E-state index in [9.17, 15) is 17.6 Å². The van der Waals surface area contributed by atoms with Crippen molar-refractivity contribution in [3.05, 3.63) is 29.6 Å². The minimum absolute atomic E-state index is 0.0240. The van der Waals surface area contributed by atoms with Crippen LogP contribution in [0.5, 0.6) is 5.75 Å². The predicted molar refractivity (Wildman–Crippen MR) is 109 cm³/mol. The van der Waals surface area contributed by atoms with Gasteiger partial charge in [0.05, 0.1) is 25.0 Å². The summed E-state index contributed by atoms with van der Waals surface area (Å²) in [5.41, 5.74) is 0.551. The van der Waals surface area contributed by atoms with E-state index in [1.54, 1.807) is 17.0 Å². The summed E-state index contributed by atoms with van der Waals surface area (Å²) < 4.78 is 53.0. The van der Waals surface area contributed by atoms with Crippen molar-refractivity contribution in [3.8, 4) is 5.75 Å². The van der Waals surface area contributed by atoms with Gasteiger partial charge in [-0.05, 0) is 56.6 Å². The minimum Gasteiger partial charge on any atom is -0.483 e. The number of hydrogen-bond donors (Lipinski definition) is 1. The van der Waals surface area contributed by atoms with Gasteiger partial charge in [-0.3, -0.25) is 4.79 Å². The van der Waals surface area contributed by atoms with Crippen LogP contribution in [0, 0.1) is 5.82 Å².